The highest BCUT2D eigenvalue weighted by molar-refractivity contribution is 5.87. The number of aliphatic carboxylic acids is 1. The highest BCUT2D eigenvalue weighted by atomic mass is 16.5. The molecule has 216 valence electrons. The van der Waals surface area contributed by atoms with E-state index in [0.717, 1.165) is 81.3 Å². The Labute approximate surface area is 236 Å². The number of hydrogen-bond donors (Lipinski definition) is 3. The molecule has 1 saturated heterocycles. The predicted molar refractivity (Wildman–Crippen MR) is 155 cm³/mol. The van der Waals surface area contributed by atoms with Crippen molar-refractivity contribution in [1.82, 2.24) is 4.90 Å². The number of rotatable bonds is 18. The number of amides is 1. The van der Waals surface area contributed by atoms with Crippen LogP contribution in [0.4, 0.5) is 0 Å². The molecule has 0 bridgehead atoms. The summed E-state index contributed by atoms with van der Waals surface area (Å²) in [4.78, 5) is 35.9. The van der Waals surface area contributed by atoms with Crippen LogP contribution >= 0.6 is 0 Å². The van der Waals surface area contributed by atoms with Gasteiger partial charge in [-0.15, -0.1) is 0 Å². The molecular weight excluding hydrogens is 508 g/mol. The number of hydrogen-bond acceptors (Lipinski definition) is 5. The van der Waals surface area contributed by atoms with Crippen LogP contribution in [0.2, 0.25) is 0 Å². The number of carboxylic acids is 2. The molecule has 40 heavy (non-hydrogen) atoms. The molecule has 0 radical (unpaired) electrons. The highest BCUT2D eigenvalue weighted by Gasteiger charge is 2.28. The van der Waals surface area contributed by atoms with Gasteiger partial charge in [0.15, 0.2) is 0 Å². The monoisotopic (exact) mass is 550 g/mol. The van der Waals surface area contributed by atoms with E-state index in [1.165, 1.54) is 0 Å². The summed E-state index contributed by atoms with van der Waals surface area (Å²) in [5.41, 5.74) is 7.80. The van der Waals surface area contributed by atoms with Crippen molar-refractivity contribution in [3.05, 3.63) is 71.3 Å². The van der Waals surface area contributed by atoms with Crippen LogP contribution in [0.1, 0.15) is 79.3 Å². The van der Waals surface area contributed by atoms with Gasteiger partial charge in [0.2, 0.25) is 5.91 Å². The fraction of sp³-hybridized carbons (Fsp3) is 0.469. The van der Waals surface area contributed by atoms with Crippen LogP contribution in [0.3, 0.4) is 0 Å². The maximum Gasteiger partial charge on any atom is 0.335 e. The van der Waals surface area contributed by atoms with Gasteiger partial charge in [0.1, 0.15) is 5.75 Å². The Morgan fingerprint density at radius 3 is 2.50 bits per heavy atom. The Morgan fingerprint density at radius 2 is 1.77 bits per heavy atom. The second kappa shape index (κ2) is 16.5. The number of primary amides is 1. The smallest absolute Gasteiger partial charge is 0.335 e. The second-order valence-electron chi connectivity index (χ2n) is 10.5. The van der Waals surface area contributed by atoms with E-state index < -0.39 is 11.9 Å². The van der Waals surface area contributed by atoms with E-state index in [2.05, 4.69) is 17.1 Å². The van der Waals surface area contributed by atoms with Gasteiger partial charge in [0.05, 0.1) is 18.2 Å². The zero-order valence-electron chi connectivity index (χ0n) is 23.2. The number of carboxylic acid groups (broad SMARTS) is 2. The molecule has 2 unspecified atom stereocenters. The summed E-state index contributed by atoms with van der Waals surface area (Å²) in [7, 11) is 0. The van der Waals surface area contributed by atoms with Gasteiger partial charge in [-0.2, -0.15) is 0 Å². The summed E-state index contributed by atoms with van der Waals surface area (Å²) < 4.78 is 6.12. The first-order valence-corrected chi connectivity index (χ1v) is 14.3. The number of nitrogens with two attached hydrogens (primary N) is 1. The van der Waals surface area contributed by atoms with Crippen molar-refractivity contribution in [2.75, 3.05) is 19.7 Å². The first-order valence-electron chi connectivity index (χ1n) is 14.3. The highest BCUT2D eigenvalue weighted by Crippen LogP contribution is 2.24. The van der Waals surface area contributed by atoms with Gasteiger partial charge in [0.25, 0.3) is 0 Å². The molecule has 1 fully saturated rings. The molecule has 1 aliphatic rings. The number of allylic oxidation sites excluding steroid dienone is 1. The van der Waals surface area contributed by atoms with Crippen molar-refractivity contribution in [3.8, 4) is 5.75 Å². The summed E-state index contributed by atoms with van der Waals surface area (Å²) in [6, 6.07) is 14.7. The lowest BCUT2D eigenvalue weighted by Gasteiger charge is -2.21. The summed E-state index contributed by atoms with van der Waals surface area (Å²) in [6.45, 7) is 2.44. The number of benzene rings is 2. The predicted octanol–water partition coefficient (Wildman–Crippen LogP) is 5.40. The second-order valence-corrected chi connectivity index (χ2v) is 10.5. The zero-order chi connectivity index (χ0) is 28.7. The minimum atomic E-state index is -0.948. The number of aromatic carboxylic acids is 1. The van der Waals surface area contributed by atoms with Gasteiger partial charge in [-0.25, -0.2) is 4.79 Å². The quantitative estimate of drug-likeness (QED) is 0.212. The van der Waals surface area contributed by atoms with Crippen molar-refractivity contribution in [3.63, 3.8) is 0 Å². The van der Waals surface area contributed by atoms with E-state index in [-0.39, 0.29) is 29.9 Å². The molecule has 1 amide bonds. The van der Waals surface area contributed by atoms with E-state index >= 15 is 0 Å². The van der Waals surface area contributed by atoms with E-state index in [4.69, 9.17) is 15.6 Å². The van der Waals surface area contributed by atoms with Crippen LogP contribution in [0, 0.1) is 5.92 Å². The molecule has 3 rings (SSSR count). The number of carbonyl (C=O) groups is 3. The molecule has 4 N–H and O–H groups in total. The molecule has 2 aromatic carbocycles. The van der Waals surface area contributed by atoms with Crippen molar-refractivity contribution in [2.24, 2.45) is 11.7 Å². The molecule has 0 aromatic heterocycles. The normalized spacial score (nSPS) is 16.2. The third-order valence-corrected chi connectivity index (χ3v) is 7.42. The maximum atomic E-state index is 11.6. The first-order chi connectivity index (χ1) is 19.3. The van der Waals surface area contributed by atoms with Gasteiger partial charge in [-0.3, -0.25) is 14.5 Å². The molecule has 0 spiro atoms. The number of para-hydroxylation sites is 1. The largest absolute Gasteiger partial charge is 0.493 e. The van der Waals surface area contributed by atoms with Crippen LogP contribution in [0.15, 0.2) is 54.6 Å². The standard InChI is InChI=1S/C32H42N2O6/c33-31(37)28-11-8-21-34(28)20-6-1-7-22-40-29-12-4-3-10-26(29)17-14-24(9-2-5-13-30(35)36)23-25-15-18-27(19-16-25)32(38)39/h3-4,10,12,14-19,24,28H,1-2,5-9,11,13,20-23H2,(H2,33,37)(H,35,36)(H,38,39)/b17-14+. The molecule has 2 atom stereocenters. The Hall–Kier alpha value is -3.65. The van der Waals surface area contributed by atoms with Gasteiger partial charge < -0.3 is 20.7 Å². The summed E-state index contributed by atoms with van der Waals surface area (Å²) >= 11 is 0. The van der Waals surface area contributed by atoms with Crippen LogP contribution in [-0.4, -0.2) is 58.7 Å². The van der Waals surface area contributed by atoms with Crippen LogP contribution in [0.5, 0.6) is 5.75 Å². The van der Waals surface area contributed by atoms with E-state index in [9.17, 15) is 19.5 Å². The number of nitrogens with zero attached hydrogens (tertiary/aromatic N) is 1. The SMILES string of the molecule is NC(=O)C1CCCN1CCCCCOc1ccccc1/C=C/C(CCCCC(=O)O)Cc1ccc(C(=O)O)cc1. The van der Waals surface area contributed by atoms with Crippen molar-refractivity contribution >= 4 is 23.9 Å². The maximum absolute atomic E-state index is 11.6. The van der Waals surface area contributed by atoms with Crippen molar-refractivity contribution < 1.29 is 29.3 Å². The number of carbonyl (C=O) groups excluding carboxylic acids is 1. The third kappa shape index (κ3) is 10.5. The lowest BCUT2D eigenvalue weighted by molar-refractivity contribution is -0.137. The van der Waals surface area contributed by atoms with Crippen LogP contribution < -0.4 is 10.5 Å². The Bertz CT molecular complexity index is 1130. The minimum absolute atomic E-state index is 0.111. The number of ether oxygens (including phenoxy) is 1. The fourth-order valence-corrected chi connectivity index (χ4v) is 5.22. The minimum Gasteiger partial charge on any atom is -0.493 e. The summed E-state index contributed by atoms with van der Waals surface area (Å²) in [5, 5.41) is 18.1. The third-order valence-electron chi connectivity index (χ3n) is 7.42. The molecule has 8 heteroatoms. The molecule has 0 saturated carbocycles. The zero-order valence-corrected chi connectivity index (χ0v) is 23.2. The Balaban J connectivity index is 1.53. The molecule has 8 nitrogen and oxygen atoms in total. The van der Waals surface area contributed by atoms with Gasteiger partial charge in [-0.1, -0.05) is 48.9 Å². The lowest BCUT2D eigenvalue weighted by atomic mass is 9.92. The van der Waals surface area contributed by atoms with Gasteiger partial charge in [0, 0.05) is 12.0 Å². The number of likely N-dealkylation sites (tertiary alicyclic amines) is 1. The molecule has 1 heterocycles. The van der Waals surface area contributed by atoms with Gasteiger partial charge in [-0.05, 0) is 94.1 Å². The summed E-state index contributed by atoms with van der Waals surface area (Å²) in [5.74, 6) is -0.955. The Kier molecular flexibility index (Phi) is 12.7. The van der Waals surface area contributed by atoms with E-state index in [1.54, 1.807) is 12.1 Å². The van der Waals surface area contributed by atoms with E-state index in [1.807, 2.05) is 36.4 Å². The number of unbranched alkanes of at least 4 members (excludes halogenated alkanes) is 3. The summed E-state index contributed by atoms with van der Waals surface area (Å²) in [6.07, 6.45) is 12.2. The van der Waals surface area contributed by atoms with Crippen LogP contribution in [-0.2, 0) is 16.0 Å². The molecule has 0 aliphatic carbocycles. The topological polar surface area (TPSA) is 130 Å². The lowest BCUT2D eigenvalue weighted by Crippen LogP contribution is -2.40. The van der Waals surface area contributed by atoms with E-state index in [0.29, 0.717) is 13.0 Å². The van der Waals surface area contributed by atoms with Crippen LogP contribution in [0.25, 0.3) is 6.08 Å². The van der Waals surface area contributed by atoms with Crippen molar-refractivity contribution in [2.45, 2.75) is 70.3 Å². The van der Waals surface area contributed by atoms with Gasteiger partial charge >= 0.3 is 11.9 Å². The fourth-order valence-electron chi connectivity index (χ4n) is 5.22. The molecule has 2 aromatic rings. The molecular formula is C32H42N2O6. The molecule has 1 aliphatic heterocycles. The average Bonchev–Trinajstić information content (AvgIpc) is 3.41. The average molecular weight is 551 g/mol. The van der Waals surface area contributed by atoms with Crippen molar-refractivity contribution in [1.29, 1.82) is 0 Å². The Morgan fingerprint density at radius 1 is 1.00 bits per heavy atom. The first kappa shape index (κ1) is 30.9.